The topological polar surface area (TPSA) is 63.8 Å². The number of thiophene rings is 1. The Labute approximate surface area is 100 Å². The first-order chi connectivity index (χ1) is 7.29. The van der Waals surface area contributed by atoms with Gasteiger partial charge in [-0.2, -0.15) is 8.75 Å². The first kappa shape index (κ1) is 11.0. The van der Waals surface area contributed by atoms with Gasteiger partial charge in [0.25, 0.3) is 0 Å². The fourth-order valence-corrected chi connectivity index (χ4v) is 2.84. The predicted octanol–water partition coefficient (Wildman–Crippen LogP) is 2.00. The van der Waals surface area contributed by atoms with Crippen LogP contribution in [0.1, 0.15) is 16.6 Å². The predicted molar refractivity (Wildman–Crippen MR) is 63.0 cm³/mol. The molecule has 1 atom stereocenters. The number of nitrogens with two attached hydrogens (primary N) is 1. The van der Waals surface area contributed by atoms with Crippen molar-refractivity contribution in [1.82, 2.24) is 14.2 Å². The summed E-state index contributed by atoms with van der Waals surface area (Å²) >= 11 is 8.59. The molecule has 0 spiro atoms. The van der Waals surface area contributed by atoms with E-state index >= 15 is 0 Å². The van der Waals surface area contributed by atoms with Gasteiger partial charge >= 0.3 is 0 Å². The fraction of sp³-hybridized carbons (Fsp3) is 0.250. The number of rotatable bonds is 4. The van der Waals surface area contributed by atoms with Crippen molar-refractivity contribution < 1.29 is 0 Å². The number of hydrogen-bond acceptors (Lipinski definition) is 6. The Kier molecular flexibility index (Phi) is 3.66. The summed E-state index contributed by atoms with van der Waals surface area (Å²) in [5.74, 6) is 5.48. The van der Waals surface area contributed by atoms with Crippen LogP contribution in [0, 0.1) is 0 Å². The van der Waals surface area contributed by atoms with Crippen LogP contribution >= 0.6 is 34.7 Å². The fourth-order valence-electron chi connectivity index (χ4n) is 1.24. The van der Waals surface area contributed by atoms with Crippen LogP contribution in [0.2, 0.25) is 4.34 Å². The first-order valence-electron chi connectivity index (χ1n) is 4.27. The molecule has 0 saturated heterocycles. The van der Waals surface area contributed by atoms with Crippen LogP contribution in [0.3, 0.4) is 0 Å². The van der Waals surface area contributed by atoms with E-state index in [9.17, 15) is 0 Å². The van der Waals surface area contributed by atoms with Gasteiger partial charge in [0, 0.05) is 11.3 Å². The molecule has 0 aliphatic rings. The van der Waals surface area contributed by atoms with E-state index in [0.29, 0.717) is 0 Å². The lowest BCUT2D eigenvalue weighted by molar-refractivity contribution is 0.545. The van der Waals surface area contributed by atoms with E-state index in [1.165, 1.54) is 16.6 Å². The summed E-state index contributed by atoms with van der Waals surface area (Å²) in [5, 5.41) is 0. The Morgan fingerprint density at radius 3 is 2.93 bits per heavy atom. The van der Waals surface area contributed by atoms with Crippen molar-refractivity contribution >= 4 is 34.7 Å². The van der Waals surface area contributed by atoms with Crippen molar-refractivity contribution in [1.29, 1.82) is 0 Å². The van der Waals surface area contributed by atoms with Crippen molar-refractivity contribution in [3.63, 3.8) is 0 Å². The molecular formula is C8H9ClN4S2. The summed E-state index contributed by atoms with van der Waals surface area (Å²) in [5.41, 5.74) is 3.60. The van der Waals surface area contributed by atoms with Gasteiger partial charge in [0.05, 0.1) is 34.0 Å². The maximum atomic E-state index is 5.85. The maximum Gasteiger partial charge on any atom is 0.0931 e. The number of aromatic nitrogens is 2. The van der Waals surface area contributed by atoms with Gasteiger partial charge in [-0.15, -0.1) is 11.3 Å². The zero-order valence-electron chi connectivity index (χ0n) is 7.68. The van der Waals surface area contributed by atoms with Crippen LogP contribution in [0.25, 0.3) is 0 Å². The quantitative estimate of drug-likeness (QED) is 0.652. The zero-order chi connectivity index (χ0) is 10.7. The Morgan fingerprint density at radius 1 is 1.53 bits per heavy atom. The molecule has 0 aliphatic carbocycles. The average Bonchev–Trinajstić information content (AvgIpc) is 2.85. The standard InChI is InChI=1S/C8H9ClN4S2/c9-8-2-1-5(14-8)3-6(12-10)7-4-11-15-13-7/h1-2,4,6,12H,3,10H2. The lowest BCUT2D eigenvalue weighted by Gasteiger charge is -2.10. The van der Waals surface area contributed by atoms with E-state index in [4.69, 9.17) is 17.4 Å². The highest BCUT2D eigenvalue weighted by Gasteiger charge is 2.14. The lowest BCUT2D eigenvalue weighted by Crippen LogP contribution is -2.29. The van der Waals surface area contributed by atoms with E-state index < -0.39 is 0 Å². The number of nitrogens with zero attached hydrogens (tertiary/aromatic N) is 2. The van der Waals surface area contributed by atoms with Gasteiger partial charge in [0.15, 0.2) is 0 Å². The summed E-state index contributed by atoms with van der Waals surface area (Å²) in [6.45, 7) is 0. The largest absolute Gasteiger partial charge is 0.271 e. The van der Waals surface area contributed by atoms with Crippen LogP contribution in [0.5, 0.6) is 0 Å². The van der Waals surface area contributed by atoms with E-state index in [1.54, 1.807) is 17.5 Å². The number of hydrogen-bond donors (Lipinski definition) is 2. The molecule has 0 radical (unpaired) electrons. The molecule has 7 heteroatoms. The summed E-state index contributed by atoms with van der Waals surface area (Å²) in [6.07, 6.45) is 2.50. The summed E-state index contributed by atoms with van der Waals surface area (Å²) in [6, 6.07) is 3.88. The second-order valence-electron chi connectivity index (χ2n) is 2.96. The minimum absolute atomic E-state index is 0.00142. The molecule has 2 rings (SSSR count). The minimum Gasteiger partial charge on any atom is -0.271 e. The Bertz CT molecular complexity index is 414. The first-order valence-corrected chi connectivity index (χ1v) is 6.20. The van der Waals surface area contributed by atoms with E-state index in [-0.39, 0.29) is 6.04 Å². The molecule has 2 heterocycles. The van der Waals surface area contributed by atoms with E-state index in [1.807, 2.05) is 12.1 Å². The molecule has 2 aromatic heterocycles. The van der Waals surface area contributed by atoms with Crippen LogP contribution in [-0.4, -0.2) is 8.75 Å². The molecule has 0 aliphatic heterocycles. The SMILES string of the molecule is NNC(Cc1ccc(Cl)s1)c1cnsn1. The van der Waals surface area contributed by atoms with Crippen LogP contribution in [0.4, 0.5) is 0 Å². The highest BCUT2D eigenvalue weighted by Crippen LogP contribution is 2.25. The smallest absolute Gasteiger partial charge is 0.0931 e. The second kappa shape index (κ2) is 5.00. The zero-order valence-corrected chi connectivity index (χ0v) is 10.1. The van der Waals surface area contributed by atoms with Gasteiger partial charge in [-0.1, -0.05) is 11.6 Å². The third kappa shape index (κ3) is 2.73. The van der Waals surface area contributed by atoms with Gasteiger partial charge < -0.3 is 0 Å². The van der Waals surface area contributed by atoms with Gasteiger partial charge in [-0.05, 0) is 12.1 Å². The normalized spacial score (nSPS) is 12.9. The molecule has 15 heavy (non-hydrogen) atoms. The molecule has 0 bridgehead atoms. The molecule has 4 nitrogen and oxygen atoms in total. The molecular weight excluding hydrogens is 252 g/mol. The second-order valence-corrected chi connectivity index (χ2v) is 5.32. The number of halogens is 1. The third-order valence-corrected chi connectivity index (χ3v) is 3.72. The molecule has 80 valence electrons. The Hall–Kier alpha value is -0.530. The molecule has 3 N–H and O–H groups in total. The molecule has 0 aromatic carbocycles. The number of hydrazine groups is 1. The summed E-state index contributed by atoms with van der Waals surface area (Å²) < 4.78 is 8.89. The van der Waals surface area contributed by atoms with Crippen molar-refractivity contribution in [3.8, 4) is 0 Å². The van der Waals surface area contributed by atoms with Crippen molar-refractivity contribution in [3.05, 3.63) is 33.2 Å². The summed E-state index contributed by atoms with van der Waals surface area (Å²) in [4.78, 5) is 1.18. The van der Waals surface area contributed by atoms with Crippen LogP contribution in [-0.2, 0) is 6.42 Å². The van der Waals surface area contributed by atoms with Gasteiger partial charge in [-0.3, -0.25) is 11.3 Å². The van der Waals surface area contributed by atoms with Crippen LogP contribution < -0.4 is 11.3 Å². The molecule has 0 saturated carbocycles. The lowest BCUT2D eigenvalue weighted by atomic mass is 10.1. The average molecular weight is 261 g/mol. The van der Waals surface area contributed by atoms with Gasteiger partial charge in [0.1, 0.15) is 0 Å². The molecule has 0 amide bonds. The highest BCUT2D eigenvalue weighted by molar-refractivity contribution is 7.16. The third-order valence-electron chi connectivity index (χ3n) is 1.97. The van der Waals surface area contributed by atoms with Crippen molar-refractivity contribution in [2.45, 2.75) is 12.5 Å². The van der Waals surface area contributed by atoms with Gasteiger partial charge in [-0.25, -0.2) is 0 Å². The number of nitrogens with one attached hydrogen (secondary N) is 1. The van der Waals surface area contributed by atoms with Crippen molar-refractivity contribution in [2.24, 2.45) is 5.84 Å². The highest BCUT2D eigenvalue weighted by atomic mass is 35.5. The maximum absolute atomic E-state index is 5.85. The Balaban J connectivity index is 2.09. The monoisotopic (exact) mass is 260 g/mol. The van der Waals surface area contributed by atoms with E-state index in [0.717, 1.165) is 16.5 Å². The Morgan fingerprint density at radius 2 is 2.40 bits per heavy atom. The molecule has 1 unspecified atom stereocenters. The van der Waals surface area contributed by atoms with Crippen molar-refractivity contribution in [2.75, 3.05) is 0 Å². The molecule has 0 fully saturated rings. The summed E-state index contributed by atoms with van der Waals surface area (Å²) in [7, 11) is 0. The minimum atomic E-state index is -0.00142. The van der Waals surface area contributed by atoms with Gasteiger partial charge in [0.2, 0.25) is 0 Å². The molecule has 2 aromatic rings. The van der Waals surface area contributed by atoms with E-state index in [2.05, 4.69) is 14.2 Å². The van der Waals surface area contributed by atoms with Crippen LogP contribution in [0.15, 0.2) is 18.3 Å².